The van der Waals surface area contributed by atoms with E-state index in [1.807, 2.05) is 19.9 Å². The van der Waals surface area contributed by atoms with Gasteiger partial charge in [0.15, 0.2) is 18.1 Å². The van der Waals surface area contributed by atoms with E-state index in [4.69, 9.17) is 19.5 Å². The van der Waals surface area contributed by atoms with Crippen molar-refractivity contribution in [3.63, 3.8) is 0 Å². The second kappa shape index (κ2) is 9.82. The maximum absolute atomic E-state index is 12.2. The first-order chi connectivity index (χ1) is 13.0. The summed E-state index contributed by atoms with van der Waals surface area (Å²) in [5, 5.41) is 12.4. The number of hydrogen-bond donors (Lipinski definition) is 1. The number of nitrogens with one attached hydrogen (secondary N) is 1. The number of carbonyl (C=O) groups is 1. The third kappa shape index (κ3) is 6.04. The zero-order valence-electron chi connectivity index (χ0n) is 15.4. The number of hydrazone groups is 1. The molecule has 1 N–H and O–H groups in total. The molecule has 0 atom stereocenters. The van der Waals surface area contributed by atoms with E-state index in [0.717, 1.165) is 5.56 Å². The molecule has 0 saturated carbocycles. The Morgan fingerprint density at radius 3 is 2.59 bits per heavy atom. The van der Waals surface area contributed by atoms with E-state index in [1.165, 1.54) is 13.3 Å². The quantitative estimate of drug-likeness (QED) is 0.571. The van der Waals surface area contributed by atoms with Gasteiger partial charge >= 0.3 is 0 Å². The van der Waals surface area contributed by atoms with Crippen LogP contribution in [0.15, 0.2) is 47.6 Å². The Bertz CT molecular complexity index is 839. The number of carbonyl (C=O) groups excluding carboxylic acids is 1. The fourth-order valence-corrected chi connectivity index (χ4v) is 2.16. The monoisotopic (exact) mass is 367 g/mol. The highest BCUT2D eigenvalue weighted by atomic mass is 16.5. The largest absolute Gasteiger partial charge is 0.493 e. The lowest BCUT2D eigenvalue weighted by Gasteiger charge is -2.14. The summed E-state index contributed by atoms with van der Waals surface area (Å²) in [6.07, 6.45) is 1.51. The summed E-state index contributed by atoms with van der Waals surface area (Å²) < 4.78 is 16.1. The Balaban J connectivity index is 1.98. The number of hydrogen-bond acceptors (Lipinski definition) is 6. The molecule has 1 amide bonds. The Hall–Kier alpha value is -3.53. The first-order valence-electron chi connectivity index (χ1n) is 8.31. The van der Waals surface area contributed by atoms with E-state index in [1.54, 1.807) is 42.5 Å². The molecule has 0 aliphatic carbocycles. The van der Waals surface area contributed by atoms with Gasteiger partial charge in [0.2, 0.25) is 0 Å². The number of nitriles is 1. The number of nitrogens with zero attached hydrogens (tertiary/aromatic N) is 2. The molecule has 0 aliphatic rings. The second-order valence-corrected chi connectivity index (χ2v) is 5.75. The van der Waals surface area contributed by atoms with Gasteiger partial charge in [0.1, 0.15) is 11.8 Å². The Morgan fingerprint density at radius 1 is 1.22 bits per heavy atom. The molecule has 2 aromatic carbocycles. The predicted octanol–water partition coefficient (Wildman–Crippen LogP) is 3.15. The van der Waals surface area contributed by atoms with Crippen molar-refractivity contribution in [2.75, 3.05) is 13.7 Å². The van der Waals surface area contributed by atoms with Crippen LogP contribution in [-0.4, -0.2) is 31.9 Å². The van der Waals surface area contributed by atoms with Crippen LogP contribution in [0.2, 0.25) is 0 Å². The van der Waals surface area contributed by atoms with E-state index in [2.05, 4.69) is 10.5 Å². The summed E-state index contributed by atoms with van der Waals surface area (Å²) in [5.41, 5.74) is 3.65. The minimum Gasteiger partial charge on any atom is -0.493 e. The van der Waals surface area contributed by atoms with Gasteiger partial charge < -0.3 is 14.2 Å². The fourth-order valence-electron chi connectivity index (χ4n) is 2.16. The molecule has 0 radical (unpaired) electrons. The molecule has 27 heavy (non-hydrogen) atoms. The van der Waals surface area contributed by atoms with E-state index in [-0.39, 0.29) is 18.6 Å². The van der Waals surface area contributed by atoms with Crippen LogP contribution in [0.3, 0.4) is 0 Å². The van der Waals surface area contributed by atoms with Crippen molar-refractivity contribution in [1.82, 2.24) is 5.43 Å². The van der Waals surface area contributed by atoms with E-state index < -0.39 is 0 Å². The minimum atomic E-state index is -0.366. The maximum Gasteiger partial charge on any atom is 0.271 e. The number of rotatable bonds is 8. The predicted molar refractivity (Wildman–Crippen MR) is 101 cm³/mol. The van der Waals surface area contributed by atoms with Crippen LogP contribution in [0, 0.1) is 11.3 Å². The van der Waals surface area contributed by atoms with Crippen LogP contribution >= 0.6 is 0 Å². The molecule has 0 bridgehead atoms. The smallest absolute Gasteiger partial charge is 0.271 e. The van der Waals surface area contributed by atoms with Gasteiger partial charge in [0.05, 0.1) is 19.4 Å². The summed E-state index contributed by atoms with van der Waals surface area (Å²) in [5.74, 6) is 1.28. The van der Waals surface area contributed by atoms with Crippen molar-refractivity contribution in [1.29, 1.82) is 5.26 Å². The van der Waals surface area contributed by atoms with Crippen molar-refractivity contribution in [2.24, 2.45) is 5.10 Å². The molecular weight excluding hydrogens is 346 g/mol. The highest BCUT2D eigenvalue weighted by Gasteiger charge is 2.11. The van der Waals surface area contributed by atoms with Crippen molar-refractivity contribution >= 4 is 12.1 Å². The summed E-state index contributed by atoms with van der Waals surface area (Å²) in [7, 11) is 1.52. The second-order valence-electron chi connectivity index (χ2n) is 5.75. The molecule has 7 heteroatoms. The number of benzene rings is 2. The average molecular weight is 367 g/mol. The van der Waals surface area contributed by atoms with Crippen LogP contribution in [0.1, 0.15) is 29.8 Å². The van der Waals surface area contributed by atoms with Gasteiger partial charge in [-0.25, -0.2) is 5.43 Å². The standard InChI is InChI=1S/C20H21N3O4/c1-14(2)27-18-9-6-16(12-19(18)25-3)20(24)23-22-13-15-4-7-17(8-5-15)26-11-10-21/h4-9,12-14H,11H2,1-3H3,(H,23,24)/b22-13-. The highest BCUT2D eigenvalue weighted by Crippen LogP contribution is 2.28. The lowest BCUT2D eigenvalue weighted by molar-refractivity contribution is 0.0954. The van der Waals surface area contributed by atoms with Crippen molar-refractivity contribution in [2.45, 2.75) is 20.0 Å². The molecule has 0 aliphatic heterocycles. The SMILES string of the molecule is COc1cc(C(=O)N/N=C\c2ccc(OCC#N)cc2)ccc1OC(C)C. The fraction of sp³-hybridized carbons (Fsp3) is 0.250. The van der Waals surface area contributed by atoms with Gasteiger partial charge in [-0.05, 0) is 61.9 Å². The number of methoxy groups -OCH3 is 1. The third-order valence-corrected chi connectivity index (χ3v) is 3.35. The summed E-state index contributed by atoms with van der Waals surface area (Å²) in [6.45, 7) is 3.82. The maximum atomic E-state index is 12.2. The Labute approximate surface area is 158 Å². The summed E-state index contributed by atoms with van der Waals surface area (Å²) >= 11 is 0. The van der Waals surface area contributed by atoms with Crippen LogP contribution in [-0.2, 0) is 0 Å². The van der Waals surface area contributed by atoms with E-state index in [9.17, 15) is 4.79 Å². The van der Waals surface area contributed by atoms with Crippen LogP contribution < -0.4 is 19.6 Å². The number of amides is 1. The molecule has 0 aromatic heterocycles. The normalized spacial score (nSPS) is 10.5. The lowest BCUT2D eigenvalue weighted by Crippen LogP contribution is -2.18. The van der Waals surface area contributed by atoms with Crippen molar-refractivity contribution < 1.29 is 19.0 Å². The molecule has 2 rings (SSSR count). The van der Waals surface area contributed by atoms with Crippen molar-refractivity contribution in [3.8, 4) is 23.3 Å². The van der Waals surface area contributed by atoms with Crippen molar-refractivity contribution in [3.05, 3.63) is 53.6 Å². The lowest BCUT2D eigenvalue weighted by atomic mass is 10.2. The first-order valence-corrected chi connectivity index (χ1v) is 8.31. The zero-order chi connectivity index (χ0) is 19.6. The molecule has 0 unspecified atom stereocenters. The van der Waals surface area contributed by atoms with Crippen LogP contribution in [0.5, 0.6) is 17.2 Å². The van der Waals surface area contributed by atoms with Gasteiger partial charge in [-0.15, -0.1) is 0 Å². The molecular formula is C20H21N3O4. The Morgan fingerprint density at radius 2 is 1.96 bits per heavy atom. The minimum absolute atomic E-state index is 0.000123. The van der Waals surface area contributed by atoms with Crippen LogP contribution in [0.4, 0.5) is 0 Å². The summed E-state index contributed by atoms with van der Waals surface area (Å²) in [4.78, 5) is 12.2. The topological polar surface area (TPSA) is 92.9 Å². The van der Waals surface area contributed by atoms with Gasteiger partial charge in [-0.3, -0.25) is 4.79 Å². The van der Waals surface area contributed by atoms with Gasteiger partial charge in [0.25, 0.3) is 5.91 Å². The molecule has 2 aromatic rings. The molecule has 140 valence electrons. The van der Waals surface area contributed by atoms with Gasteiger partial charge in [0, 0.05) is 5.56 Å². The van der Waals surface area contributed by atoms with Crippen LogP contribution in [0.25, 0.3) is 0 Å². The Kier molecular flexibility index (Phi) is 7.20. The van der Waals surface area contributed by atoms with Gasteiger partial charge in [-0.1, -0.05) is 0 Å². The number of ether oxygens (including phenoxy) is 3. The molecule has 0 fully saturated rings. The first kappa shape index (κ1) is 19.8. The van der Waals surface area contributed by atoms with Gasteiger partial charge in [-0.2, -0.15) is 10.4 Å². The highest BCUT2D eigenvalue weighted by molar-refractivity contribution is 5.95. The average Bonchev–Trinajstić information content (AvgIpc) is 2.67. The molecule has 0 saturated heterocycles. The van der Waals surface area contributed by atoms with E-state index >= 15 is 0 Å². The molecule has 7 nitrogen and oxygen atoms in total. The van der Waals surface area contributed by atoms with E-state index in [0.29, 0.717) is 22.8 Å². The summed E-state index contributed by atoms with van der Waals surface area (Å²) in [6, 6.07) is 13.8. The third-order valence-electron chi connectivity index (χ3n) is 3.35. The zero-order valence-corrected chi connectivity index (χ0v) is 15.4. The molecule has 0 spiro atoms. The molecule has 0 heterocycles.